The topological polar surface area (TPSA) is 61.4 Å². The highest BCUT2D eigenvalue weighted by molar-refractivity contribution is 7.89. The summed E-state index contributed by atoms with van der Waals surface area (Å²) in [7, 11) is -1.45. The predicted octanol–water partition coefficient (Wildman–Crippen LogP) is 1.74. The van der Waals surface area contributed by atoms with Crippen molar-refractivity contribution in [1.82, 2.24) is 9.62 Å². The van der Waals surface area contributed by atoms with Crippen LogP contribution in [0.5, 0.6) is 0 Å². The average Bonchev–Trinajstić information content (AvgIpc) is 2.45. The number of hydrogen-bond donors (Lipinski definition) is 2. The van der Waals surface area contributed by atoms with Crippen LogP contribution in [0.2, 0.25) is 0 Å². The molecule has 0 aliphatic rings. The van der Waals surface area contributed by atoms with E-state index >= 15 is 0 Å². The first-order valence-corrected chi connectivity index (χ1v) is 8.50. The molecule has 6 heteroatoms. The summed E-state index contributed by atoms with van der Waals surface area (Å²) in [5, 5.41) is 3.22. The van der Waals surface area contributed by atoms with Crippen LogP contribution < -0.4 is 10.0 Å². The smallest absolute Gasteiger partial charge is 0.240 e. The number of hydrogen-bond acceptors (Lipinski definition) is 4. The number of rotatable bonds is 9. The quantitative estimate of drug-likeness (QED) is 0.729. The van der Waals surface area contributed by atoms with Crippen LogP contribution in [-0.2, 0) is 10.0 Å². The Hall–Kier alpha value is -1.11. The summed E-state index contributed by atoms with van der Waals surface area (Å²) < 4.78 is 26.8. The van der Waals surface area contributed by atoms with Gasteiger partial charge in [-0.3, -0.25) is 0 Å². The summed E-state index contributed by atoms with van der Waals surface area (Å²) in [6, 6.07) is 6.85. The van der Waals surface area contributed by atoms with E-state index in [9.17, 15) is 8.42 Å². The molecule has 0 aliphatic heterocycles. The molecular weight excluding hydrogens is 274 g/mol. The van der Waals surface area contributed by atoms with Crippen molar-refractivity contribution in [2.45, 2.75) is 25.2 Å². The Balaban J connectivity index is 2.58. The Bertz CT molecular complexity index is 486. The van der Waals surface area contributed by atoms with E-state index in [2.05, 4.69) is 21.9 Å². The molecule has 5 nitrogen and oxygen atoms in total. The second-order valence-electron chi connectivity index (χ2n) is 4.74. The van der Waals surface area contributed by atoms with Crippen LogP contribution in [0, 0.1) is 0 Å². The van der Waals surface area contributed by atoms with Gasteiger partial charge in [0, 0.05) is 25.3 Å². The van der Waals surface area contributed by atoms with Crippen molar-refractivity contribution in [1.29, 1.82) is 0 Å². The van der Waals surface area contributed by atoms with Crippen molar-refractivity contribution < 1.29 is 8.42 Å². The van der Waals surface area contributed by atoms with E-state index in [1.165, 1.54) is 0 Å². The van der Waals surface area contributed by atoms with Gasteiger partial charge >= 0.3 is 0 Å². The summed E-state index contributed by atoms with van der Waals surface area (Å²) in [5.74, 6) is 0. The highest BCUT2D eigenvalue weighted by Crippen LogP contribution is 2.13. The number of sulfonamides is 1. The van der Waals surface area contributed by atoms with Crippen LogP contribution in [0.25, 0.3) is 0 Å². The summed E-state index contributed by atoms with van der Waals surface area (Å²) in [5.41, 5.74) is 0.941. The molecule has 0 spiro atoms. The van der Waals surface area contributed by atoms with Crippen LogP contribution in [0.15, 0.2) is 29.2 Å². The highest BCUT2D eigenvalue weighted by Gasteiger charge is 2.13. The van der Waals surface area contributed by atoms with E-state index < -0.39 is 10.0 Å². The van der Waals surface area contributed by atoms with Gasteiger partial charge in [-0.2, -0.15) is 0 Å². The number of benzene rings is 1. The first-order chi connectivity index (χ1) is 9.49. The fourth-order valence-electron chi connectivity index (χ4n) is 1.63. The molecule has 0 aliphatic carbocycles. The lowest BCUT2D eigenvalue weighted by Gasteiger charge is -2.14. The minimum absolute atomic E-state index is 0.304. The molecule has 0 heterocycles. The summed E-state index contributed by atoms with van der Waals surface area (Å²) in [6.45, 7) is 7.03. The lowest BCUT2D eigenvalue weighted by Crippen LogP contribution is -2.32. The van der Waals surface area contributed by atoms with E-state index in [1.807, 2.05) is 14.0 Å². The van der Waals surface area contributed by atoms with Crippen molar-refractivity contribution in [2.75, 3.05) is 38.5 Å². The molecule has 0 saturated heterocycles. The molecule has 0 aromatic heterocycles. The Labute approximate surface area is 122 Å². The van der Waals surface area contributed by atoms with Crippen LogP contribution >= 0.6 is 0 Å². The van der Waals surface area contributed by atoms with Crippen molar-refractivity contribution in [2.24, 2.45) is 0 Å². The first-order valence-electron chi connectivity index (χ1n) is 7.01. The van der Waals surface area contributed by atoms with Gasteiger partial charge in [-0.05, 0) is 44.3 Å². The lowest BCUT2D eigenvalue weighted by atomic mass is 10.3. The second-order valence-corrected chi connectivity index (χ2v) is 6.51. The summed E-state index contributed by atoms with van der Waals surface area (Å²) in [6.07, 6.45) is 1.03. The maximum Gasteiger partial charge on any atom is 0.240 e. The zero-order valence-corrected chi connectivity index (χ0v) is 13.3. The van der Waals surface area contributed by atoms with E-state index in [0.29, 0.717) is 18.0 Å². The van der Waals surface area contributed by atoms with Gasteiger partial charge < -0.3 is 10.2 Å². The van der Waals surface area contributed by atoms with Crippen molar-refractivity contribution in [3.05, 3.63) is 24.3 Å². The van der Waals surface area contributed by atoms with Crippen molar-refractivity contribution in [3.63, 3.8) is 0 Å². The molecule has 114 valence electrons. The minimum Gasteiger partial charge on any atom is -0.385 e. The number of anilines is 1. The third-order valence-corrected chi connectivity index (χ3v) is 4.55. The molecule has 1 rings (SSSR count). The molecule has 20 heavy (non-hydrogen) atoms. The fourth-order valence-corrected chi connectivity index (χ4v) is 2.65. The molecule has 1 aromatic rings. The molecule has 0 atom stereocenters. The Morgan fingerprint density at radius 2 is 1.75 bits per heavy atom. The molecule has 0 unspecified atom stereocenters. The first kappa shape index (κ1) is 16.9. The third-order valence-electron chi connectivity index (χ3n) is 3.07. The molecule has 0 fully saturated rings. The van der Waals surface area contributed by atoms with Gasteiger partial charge in [-0.1, -0.05) is 13.8 Å². The molecule has 0 saturated carbocycles. The SMILES string of the molecule is CCCNc1ccc(S(=O)(=O)NCCN(C)CC)cc1. The standard InChI is InChI=1S/C14H25N3O2S/c1-4-10-15-13-6-8-14(9-7-13)20(18,19)16-11-12-17(3)5-2/h6-9,15-16H,4-5,10-12H2,1-3H3. The third kappa shape index (κ3) is 5.48. The lowest BCUT2D eigenvalue weighted by molar-refractivity contribution is 0.358. The monoisotopic (exact) mass is 299 g/mol. The van der Waals surface area contributed by atoms with Crippen molar-refractivity contribution in [3.8, 4) is 0 Å². The Kier molecular flexibility index (Phi) is 6.98. The van der Waals surface area contributed by atoms with E-state index in [0.717, 1.165) is 25.2 Å². The zero-order chi connectivity index (χ0) is 15.0. The predicted molar refractivity (Wildman–Crippen MR) is 83.6 cm³/mol. The number of nitrogens with one attached hydrogen (secondary N) is 2. The summed E-state index contributed by atoms with van der Waals surface area (Å²) >= 11 is 0. The van der Waals surface area contributed by atoms with E-state index in [1.54, 1.807) is 24.3 Å². The van der Waals surface area contributed by atoms with E-state index in [4.69, 9.17) is 0 Å². The van der Waals surface area contributed by atoms with Crippen LogP contribution in [0.1, 0.15) is 20.3 Å². The summed E-state index contributed by atoms with van der Waals surface area (Å²) in [4.78, 5) is 2.36. The zero-order valence-electron chi connectivity index (χ0n) is 12.5. The van der Waals surface area contributed by atoms with Gasteiger partial charge in [-0.15, -0.1) is 0 Å². The van der Waals surface area contributed by atoms with Crippen LogP contribution in [-0.4, -0.2) is 46.5 Å². The van der Waals surface area contributed by atoms with Gasteiger partial charge in [0.2, 0.25) is 10.0 Å². The van der Waals surface area contributed by atoms with E-state index in [-0.39, 0.29) is 0 Å². The largest absolute Gasteiger partial charge is 0.385 e. The van der Waals surface area contributed by atoms with Gasteiger partial charge in [0.25, 0.3) is 0 Å². The fraction of sp³-hybridized carbons (Fsp3) is 0.571. The maximum absolute atomic E-state index is 12.1. The molecule has 0 amide bonds. The maximum atomic E-state index is 12.1. The van der Waals surface area contributed by atoms with Gasteiger partial charge in [0.1, 0.15) is 0 Å². The van der Waals surface area contributed by atoms with Crippen LogP contribution in [0.4, 0.5) is 5.69 Å². The Morgan fingerprint density at radius 3 is 2.30 bits per heavy atom. The Morgan fingerprint density at radius 1 is 1.10 bits per heavy atom. The number of nitrogens with zero attached hydrogens (tertiary/aromatic N) is 1. The van der Waals surface area contributed by atoms with Gasteiger partial charge in [0.05, 0.1) is 4.90 Å². The van der Waals surface area contributed by atoms with Gasteiger partial charge in [0.15, 0.2) is 0 Å². The highest BCUT2D eigenvalue weighted by atomic mass is 32.2. The molecule has 1 aromatic carbocycles. The van der Waals surface area contributed by atoms with Crippen LogP contribution in [0.3, 0.4) is 0 Å². The second kappa shape index (κ2) is 8.24. The molecule has 0 bridgehead atoms. The average molecular weight is 299 g/mol. The number of likely N-dealkylation sites (N-methyl/N-ethyl adjacent to an activating group) is 1. The van der Waals surface area contributed by atoms with Gasteiger partial charge in [-0.25, -0.2) is 13.1 Å². The molecule has 2 N–H and O–H groups in total. The molecule has 0 radical (unpaired) electrons. The molecular formula is C14H25N3O2S. The normalized spacial score (nSPS) is 11.8. The van der Waals surface area contributed by atoms with Crippen molar-refractivity contribution >= 4 is 15.7 Å². The minimum atomic E-state index is -3.41.